The molecule has 0 aliphatic carbocycles. The summed E-state index contributed by atoms with van der Waals surface area (Å²) in [7, 11) is 0. The molecule has 1 aromatic heterocycles. The van der Waals surface area contributed by atoms with Gasteiger partial charge in [0.25, 0.3) is 17.5 Å². The van der Waals surface area contributed by atoms with Gasteiger partial charge in [0.05, 0.1) is 4.92 Å². The van der Waals surface area contributed by atoms with Crippen LogP contribution in [0.25, 0.3) is 11.8 Å². The van der Waals surface area contributed by atoms with Gasteiger partial charge in [-0.15, -0.1) is 17.5 Å². The lowest BCUT2D eigenvalue weighted by molar-refractivity contribution is -0.384. The molecule has 5 rings (SSSR count). The minimum absolute atomic E-state index is 0. The minimum atomic E-state index is -0.487. The molecule has 2 heterocycles. The van der Waals surface area contributed by atoms with Crippen molar-refractivity contribution in [1.82, 2.24) is 14.8 Å². The number of hydrogen-bond acceptors (Lipinski definition) is 6. The van der Waals surface area contributed by atoms with Gasteiger partial charge in [-0.3, -0.25) is 20.2 Å². The Kier molecular flexibility index (Phi) is 7.66. The monoisotopic (exact) mass is 534 g/mol. The van der Waals surface area contributed by atoms with Crippen molar-refractivity contribution in [2.45, 2.75) is 6.04 Å². The van der Waals surface area contributed by atoms with Crippen molar-refractivity contribution in [2.24, 2.45) is 0 Å². The normalized spacial score (nSPS) is 14.2. The Hall–Kier alpha value is -4.47. The number of fused-ring (bicyclic) bond motifs is 1. The van der Waals surface area contributed by atoms with Gasteiger partial charge >= 0.3 is 0 Å². The summed E-state index contributed by atoms with van der Waals surface area (Å²) >= 11 is 6.09. The first-order chi connectivity index (χ1) is 17.5. The van der Waals surface area contributed by atoms with E-state index in [2.05, 4.69) is 20.7 Å². The lowest BCUT2D eigenvalue weighted by Gasteiger charge is -2.24. The number of non-ortho nitro benzene ring substituents is 1. The summed E-state index contributed by atoms with van der Waals surface area (Å²) in [6.45, 7) is 0. The van der Waals surface area contributed by atoms with Crippen LogP contribution in [0.15, 0.2) is 91.0 Å². The lowest BCUT2D eigenvalue weighted by atomic mass is 10.0. The average molecular weight is 535 g/mol. The van der Waals surface area contributed by atoms with E-state index in [1.165, 1.54) is 24.3 Å². The van der Waals surface area contributed by atoms with Crippen LogP contribution in [0.2, 0.25) is 5.02 Å². The maximum Gasteiger partial charge on any atom is 0.270 e. The van der Waals surface area contributed by atoms with Gasteiger partial charge in [-0.2, -0.15) is 4.98 Å². The minimum Gasteiger partial charge on any atom is -0.324 e. The second-order valence-electron chi connectivity index (χ2n) is 7.95. The predicted molar refractivity (Wildman–Crippen MR) is 146 cm³/mol. The molecule has 0 spiro atoms. The zero-order valence-corrected chi connectivity index (χ0v) is 20.7. The molecule has 186 valence electrons. The highest BCUT2D eigenvalue weighted by atomic mass is 35.5. The quantitative estimate of drug-likeness (QED) is 0.179. The van der Waals surface area contributed by atoms with Crippen LogP contribution in [-0.2, 0) is 4.79 Å². The third kappa shape index (κ3) is 5.85. The van der Waals surface area contributed by atoms with Crippen LogP contribution < -0.4 is 10.6 Å². The van der Waals surface area contributed by atoms with E-state index in [0.717, 1.165) is 16.8 Å². The Balaban J connectivity index is 0.00000320. The van der Waals surface area contributed by atoms with Gasteiger partial charge in [0, 0.05) is 28.9 Å². The van der Waals surface area contributed by atoms with Crippen LogP contribution in [0.5, 0.6) is 0 Å². The van der Waals surface area contributed by atoms with E-state index in [-0.39, 0.29) is 30.1 Å². The Bertz CT molecular complexity index is 1500. The number of hydrogen-bond donors (Lipinski definition) is 2. The first-order valence-corrected chi connectivity index (χ1v) is 11.3. The van der Waals surface area contributed by atoms with E-state index < -0.39 is 10.8 Å². The predicted octanol–water partition coefficient (Wildman–Crippen LogP) is 5.97. The number of allylic oxidation sites excluding steroid dienone is 1. The number of benzene rings is 3. The summed E-state index contributed by atoms with van der Waals surface area (Å²) < 4.78 is 1.69. The Labute approximate surface area is 223 Å². The number of halogens is 2. The summed E-state index contributed by atoms with van der Waals surface area (Å²) in [4.78, 5) is 27.5. The number of nitro groups is 1. The molecular formula is C26H20Cl2N6O3. The van der Waals surface area contributed by atoms with Crippen LogP contribution in [0.4, 0.5) is 17.6 Å². The second-order valence-corrected chi connectivity index (χ2v) is 8.38. The van der Waals surface area contributed by atoms with Crippen LogP contribution >= 0.6 is 24.0 Å². The molecule has 4 aromatic rings. The van der Waals surface area contributed by atoms with Gasteiger partial charge in [0.15, 0.2) is 0 Å². The van der Waals surface area contributed by atoms with Crippen LogP contribution in [-0.4, -0.2) is 25.6 Å². The van der Waals surface area contributed by atoms with Crippen molar-refractivity contribution in [3.05, 3.63) is 123 Å². The summed E-state index contributed by atoms with van der Waals surface area (Å²) in [6, 6.07) is 23.0. The summed E-state index contributed by atoms with van der Waals surface area (Å²) in [5.41, 5.74) is 3.26. The molecular weight excluding hydrogens is 515 g/mol. The molecule has 1 aliphatic rings. The summed E-state index contributed by atoms with van der Waals surface area (Å²) in [5.74, 6) is 0.117. The van der Waals surface area contributed by atoms with Gasteiger partial charge in [-0.1, -0.05) is 66.2 Å². The number of aromatic nitrogens is 3. The molecule has 0 radical (unpaired) electrons. The number of carbonyl (C=O) groups is 1. The Morgan fingerprint density at radius 2 is 1.84 bits per heavy atom. The van der Waals surface area contributed by atoms with Crippen molar-refractivity contribution in [1.29, 1.82) is 0 Å². The van der Waals surface area contributed by atoms with Crippen molar-refractivity contribution in [3.63, 3.8) is 0 Å². The highest BCUT2D eigenvalue weighted by Crippen LogP contribution is 2.33. The Morgan fingerprint density at radius 1 is 1.08 bits per heavy atom. The van der Waals surface area contributed by atoms with Crippen molar-refractivity contribution in [2.75, 3.05) is 10.6 Å². The average Bonchev–Trinajstić information content (AvgIpc) is 3.30. The van der Waals surface area contributed by atoms with E-state index in [0.29, 0.717) is 16.5 Å². The smallest absolute Gasteiger partial charge is 0.270 e. The number of nitro benzene ring substituents is 1. The summed E-state index contributed by atoms with van der Waals surface area (Å²) in [5, 5.41) is 22.0. The molecule has 1 aliphatic heterocycles. The molecule has 1 unspecified atom stereocenters. The fourth-order valence-electron chi connectivity index (χ4n) is 3.80. The fourth-order valence-corrected chi connectivity index (χ4v) is 3.92. The zero-order chi connectivity index (χ0) is 25.1. The van der Waals surface area contributed by atoms with Crippen LogP contribution in [0.3, 0.4) is 0 Å². The molecule has 9 nitrogen and oxygen atoms in total. The number of amides is 1. The van der Waals surface area contributed by atoms with E-state index in [4.69, 9.17) is 11.6 Å². The van der Waals surface area contributed by atoms with Crippen molar-refractivity contribution in [3.8, 4) is 0 Å². The standard InChI is InChI=1S/C26H19ClN6O3.ClH/c27-20-12-10-19(11-13-20)23-16-22(18-6-2-1-3-7-18)28-26-30-25(31-32(23)26)29-24(34)14-9-17-5-4-8-21(15-17)33(35)36;/h1-16,23H,(H2,28,29,30,31,34);1H/b14-9+;. The fraction of sp³-hybridized carbons (Fsp3) is 0.0385. The summed E-state index contributed by atoms with van der Waals surface area (Å²) in [6.07, 6.45) is 4.80. The maximum absolute atomic E-state index is 12.5. The van der Waals surface area contributed by atoms with E-state index in [1.807, 2.05) is 60.7 Å². The number of nitrogens with zero attached hydrogens (tertiary/aromatic N) is 4. The Morgan fingerprint density at radius 3 is 2.57 bits per heavy atom. The number of carbonyl (C=O) groups excluding carboxylic acids is 1. The van der Waals surface area contributed by atoms with Crippen molar-refractivity contribution >= 4 is 59.3 Å². The molecule has 11 heteroatoms. The second kappa shape index (κ2) is 11.1. The molecule has 0 saturated carbocycles. The molecule has 2 N–H and O–H groups in total. The van der Waals surface area contributed by atoms with E-state index >= 15 is 0 Å². The maximum atomic E-state index is 12.5. The number of nitrogens with one attached hydrogen (secondary N) is 2. The van der Waals surface area contributed by atoms with Gasteiger partial charge < -0.3 is 5.32 Å². The van der Waals surface area contributed by atoms with Crippen LogP contribution in [0, 0.1) is 10.1 Å². The topological polar surface area (TPSA) is 115 Å². The van der Waals surface area contributed by atoms with Gasteiger partial charge in [0.2, 0.25) is 5.95 Å². The van der Waals surface area contributed by atoms with E-state index in [1.54, 1.807) is 16.8 Å². The molecule has 0 saturated heterocycles. The van der Waals surface area contributed by atoms with E-state index in [9.17, 15) is 14.9 Å². The van der Waals surface area contributed by atoms with Crippen molar-refractivity contribution < 1.29 is 9.72 Å². The third-order valence-electron chi connectivity index (χ3n) is 5.51. The number of anilines is 2. The molecule has 1 atom stereocenters. The molecule has 37 heavy (non-hydrogen) atoms. The van der Waals surface area contributed by atoms with Crippen LogP contribution in [0.1, 0.15) is 22.7 Å². The number of rotatable bonds is 6. The molecule has 0 bridgehead atoms. The molecule has 3 aromatic carbocycles. The molecule has 0 fully saturated rings. The van der Waals surface area contributed by atoms with Gasteiger partial charge in [-0.25, -0.2) is 4.68 Å². The third-order valence-corrected chi connectivity index (χ3v) is 5.76. The first-order valence-electron chi connectivity index (χ1n) is 11.0. The zero-order valence-electron chi connectivity index (χ0n) is 19.1. The lowest BCUT2D eigenvalue weighted by Crippen LogP contribution is -2.20. The molecule has 1 amide bonds. The highest BCUT2D eigenvalue weighted by molar-refractivity contribution is 6.30. The highest BCUT2D eigenvalue weighted by Gasteiger charge is 2.25. The SMILES string of the molecule is Cl.O=C(/C=C/c1cccc([N+](=O)[O-])c1)Nc1nc2n(n1)C(c1ccc(Cl)cc1)C=C(c1ccccc1)N2. The van der Waals surface area contributed by atoms with Gasteiger partial charge in [0.1, 0.15) is 6.04 Å². The van der Waals surface area contributed by atoms with Gasteiger partial charge in [-0.05, 0) is 41.0 Å². The largest absolute Gasteiger partial charge is 0.324 e. The first kappa shape index (κ1) is 25.6.